The van der Waals surface area contributed by atoms with Crippen LogP contribution in [0.4, 0.5) is 0 Å². The minimum absolute atomic E-state index is 0.0856. The Balaban J connectivity index is 3.02. The number of rotatable bonds is 6. The third kappa shape index (κ3) is 3.80. The smallest absolute Gasteiger partial charge is 0.260 e. The van der Waals surface area contributed by atoms with Crippen LogP contribution in [0.15, 0.2) is 11.2 Å². The van der Waals surface area contributed by atoms with Gasteiger partial charge in [-0.1, -0.05) is 22.9 Å². The number of imidazole rings is 1. The van der Waals surface area contributed by atoms with Gasteiger partial charge in [-0.2, -0.15) is 0 Å². The van der Waals surface area contributed by atoms with E-state index in [-0.39, 0.29) is 5.03 Å². The van der Waals surface area contributed by atoms with Crippen molar-refractivity contribution in [3.8, 4) is 0 Å². The molecule has 7 heteroatoms. The highest BCUT2D eigenvalue weighted by molar-refractivity contribution is 9.09. The minimum Gasteiger partial charge on any atom is -0.334 e. The standard InChI is InChI=1S/C11H20BrN3O2S/c1-5-6-15-7-10(13-9(15)2)18(16,17)14-11(3,4)8-12/h7,14H,5-6,8H2,1-4H3. The van der Waals surface area contributed by atoms with E-state index < -0.39 is 15.6 Å². The Morgan fingerprint density at radius 1 is 1.50 bits per heavy atom. The molecular formula is C11H20BrN3O2S. The molecule has 0 aliphatic heterocycles. The molecule has 0 aliphatic rings. The zero-order chi connectivity index (χ0) is 14.0. The van der Waals surface area contributed by atoms with E-state index in [0.29, 0.717) is 11.2 Å². The maximum atomic E-state index is 12.2. The molecule has 1 heterocycles. The Morgan fingerprint density at radius 3 is 2.61 bits per heavy atom. The molecule has 0 bridgehead atoms. The lowest BCUT2D eigenvalue weighted by molar-refractivity contribution is 0.498. The van der Waals surface area contributed by atoms with Crippen LogP contribution in [0.1, 0.15) is 33.0 Å². The van der Waals surface area contributed by atoms with Gasteiger partial charge in [-0.25, -0.2) is 18.1 Å². The normalized spacial score (nSPS) is 12.9. The molecule has 0 radical (unpaired) electrons. The third-order valence-corrected chi connectivity index (χ3v) is 5.41. The molecule has 18 heavy (non-hydrogen) atoms. The van der Waals surface area contributed by atoms with Gasteiger partial charge < -0.3 is 4.57 Å². The highest BCUT2D eigenvalue weighted by atomic mass is 79.9. The summed E-state index contributed by atoms with van der Waals surface area (Å²) in [5.74, 6) is 0.717. The van der Waals surface area contributed by atoms with Crippen molar-refractivity contribution in [3.63, 3.8) is 0 Å². The fraction of sp³-hybridized carbons (Fsp3) is 0.727. The van der Waals surface area contributed by atoms with E-state index in [1.165, 1.54) is 0 Å². The Bertz CT molecular complexity index is 508. The molecule has 0 aliphatic carbocycles. The Kier molecular flexibility index (Phi) is 4.97. The number of nitrogens with one attached hydrogen (secondary N) is 1. The van der Waals surface area contributed by atoms with Gasteiger partial charge in [0.25, 0.3) is 10.0 Å². The highest BCUT2D eigenvalue weighted by Crippen LogP contribution is 2.14. The lowest BCUT2D eigenvalue weighted by atomic mass is 10.1. The molecule has 0 spiro atoms. The SMILES string of the molecule is CCCn1cc(S(=O)(=O)NC(C)(C)CBr)nc1C. The summed E-state index contributed by atoms with van der Waals surface area (Å²) in [6, 6.07) is 0. The monoisotopic (exact) mass is 337 g/mol. The number of hydrogen-bond donors (Lipinski definition) is 1. The van der Waals surface area contributed by atoms with E-state index in [4.69, 9.17) is 0 Å². The summed E-state index contributed by atoms with van der Waals surface area (Å²) >= 11 is 3.29. The second-order valence-electron chi connectivity index (χ2n) is 4.94. The summed E-state index contributed by atoms with van der Waals surface area (Å²) in [5.41, 5.74) is -0.540. The zero-order valence-corrected chi connectivity index (χ0v) is 13.6. The van der Waals surface area contributed by atoms with Crippen molar-refractivity contribution in [2.45, 2.75) is 51.2 Å². The molecule has 0 saturated heterocycles. The Labute approximate surface area is 117 Å². The number of nitrogens with zero attached hydrogens (tertiary/aromatic N) is 2. The molecule has 0 fully saturated rings. The fourth-order valence-corrected chi connectivity index (χ4v) is 3.27. The van der Waals surface area contributed by atoms with Crippen molar-refractivity contribution in [1.82, 2.24) is 14.3 Å². The summed E-state index contributed by atoms with van der Waals surface area (Å²) in [7, 11) is -3.56. The molecule has 5 nitrogen and oxygen atoms in total. The van der Waals surface area contributed by atoms with Gasteiger partial charge in [-0.05, 0) is 27.2 Å². The van der Waals surface area contributed by atoms with Crippen molar-refractivity contribution in [2.24, 2.45) is 0 Å². The topological polar surface area (TPSA) is 64.0 Å². The van der Waals surface area contributed by atoms with E-state index >= 15 is 0 Å². The number of halogens is 1. The van der Waals surface area contributed by atoms with E-state index in [1.807, 2.05) is 32.3 Å². The lowest BCUT2D eigenvalue weighted by Gasteiger charge is -2.22. The Morgan fingerprint density at radius 2 is 2.11 bits per heavy atom. The summed E-state index contributed by atoms with van der Waals surface area (Å²) in [6.45, 7) is 8.25. The van der Waals surface area contributed by atoms with Crippen LogP contribution < -0.4 is 4.72 Å². The van der Waals surface area contributed by atoms with Crippen LogP contribution >= 0.6 is 15.9 Å². The average Bonchev–Trinajstić information content (AvgIpc) is 2.61. The van der Waals surface area contributed by atoms with Crippen LogP contribution in [-0.4, -0.2) is 28.8 Å². The quantitative estimate of drug-likeness (QED) is 0.808. The second-order valence-corrected chi connectivity index (χ2v) is 7.13. The van der Waals surface area contributed by atoms with Crippen molar-refractivity contribution in [3.05, 3.63) is 12.0 Å². The molecule has 0 aromatic carbocycles. The number of sulfonamides is 1. The van der Waals surface area contributed by atoms with Crippen LogP contribution in [0.3, 0.4) is 0 Å². The van der Waals surface area contributed by atoms with Gasteiger partial charge in [0.05, 0.1) is 0 Å². The lowest BCUT2D eigenvalue weighted by Crippen LogP contribution is -2.44. The van der Waals surface area contributed by atoms with Gasteiger partial charge in [0.15, 0.2) is 5.03 Å². The summed E-state index contributed by atoms with van der Waals surface area (Å²) in [5, 5.41) is 0.621. The Hall–Kier alpha value is -0.400. The third-order valence-electron chi connectivity index (χ3n) is 2.44. The van der Waals surface area contributed by atoms with Gasteiger partial charge >= 0.3 is 0 Å². The maximum Gasteiger partial charge on any atom is 0.260 e. The van der Waals surface area contributed by atoms with Gasteiger partial charge in [0.1, 0.15) is 5.82 Å². The predicted molar refractivity (Wildman–Crippen MR) is 75.4 cm³/mol. The molecule has 1 rings (SSSR count). The molecule has 104 valence electrons. The molecule has 1 aromatic heterocycles. The number of alkyl halides is 1. The van der Waals surface area contributed by atoms with Crippen LogP contribution in [-0.2, 0) is 16.6 Å². The number of aryl methyl sites for hydroxylation is 2. The average molecular weight is 338 g/mol. The van der Waals surface area contributed by atoms with E-state index in [1.54, 1.807) is 6.20 Å². The molecule has 0 saturated carbocycles. The molecule has 0 amide bonds. The molecule has 0 unspecified atom stereocenters. The first-order chi connectivity index (χ1) is 8.22. The van der Waals surface area contributed by atoms with E-state index in [2.05, 4.69) is 25.6 Å². The van der Waals surface area contributed by atoms with Crippen molar-refractivity contribution < 1.29 is 8.42 Å². The molecule has 0 atom stereocenters. The van der Waals surface area contributed by atoms with Crippen LogP contribution in [0, 0.1) is 6.92 Å². The maximum absolute atomic E-state index is 12.2. The van der Waals surface area contributed by atoms with Gasteiger partial charge in [0, 0.05) is 23.6 Å². The first-order valence-corrected chi connectivity index (χ1v) is 8.46. The summed E-state index contributed by atoms with van der Waals surface area (Å²) < 4.78 is 28.8. The molecule has 1 N–H and O–H groups in total. The predicted octanol–water partition coefficient (Wildman–Crippen LogP) is 2.05. The van der Waals surface area contributed by atoms with Crippen molar-refractivity contribution in [2.75, 3.05) is 5.33 Å². The van der Waals surface area contributed by atoms with Gasteiger partial charge in [-0.15, -0.1) is 0 Å². The van der Waals surface area contributed by atoms with Crippen molar-refractivity contribution in [1.29, 1.82) is 0 Å². The zero-order valence-electron chi connectivity index (χ0n) is 11.2. The van der Waals surface area contributed by atoms with Gasteiger partial charge in [-0.3, -0.25) is 0 Å². The first-order valence-electron chi connectivity index (χ1n) is 5.85. The van der Waals surface area contributed by atoms with Crippen LogP contribution in [0.25, 0.3) is 0 Å². The minimum atomic E-state index is -3.56. The fourth-order valence-electron chi connectivity index (χ4n) is 1.52. The second kappa shape index (κ2) is 5.71. The highest BCUT2D eigenvalue weighted by Gasteiger charge is 2.27. The van der Waals surface area contributed by atoms with Crippen LogP contribution in [0.5, 0.6) is 0 Å². The molecule has 1 aromatic rings. The summed E-state index contributed by atoms with van der Waals surface area (Å²) in [4.78, 5) is 4.12. The van der Waals surface area contributed by atoms with Crippen LogP contribution in [0.2, 0.25) is 0 Å². The first kappa shape index (κ1) is 15.7. The molecular weight excluding hydrogens is 318 g/mol. The largest absolute Gasteiger partial charge is 0.334 e. The summed E-state index contributed by atoms with van der Waals surface area (Å²) in [6.07, 6.45) is 2.53. The number of hydrogen-bond acceptors (Lipinski definition) is 3. The van der Waals surface area contributed by atoms with E-state index in [9.17, 15) is 8.42 Å². The number of aromatic nitrogens is 2. The van der Waals surface area contributed by atoms with Crippen molar-refractivity contribution >= 4 is 26.0 Å². The van der Waals surface area contributed by atoms with Gasteiger partial charge in [0.2, 0.25) is 0 Å². The van der Waals surface area contributed by atoms with E-state index in [0.717, 1.165) is 13.0 Å².